The topological polar surface area (TPSA) is 117 Å². The molecule has 1 saturated carbocycles. The number of aromatic nitrogens is 3. The van der Waals surface area contributed by atoms with Gasteiger partial charge in [0.05, 0.1) is 21.7 Å². The largest absolute Gasteiger partial charge is 0.409 e. The van der Waals surface area contributed by atoms with Crippen molar-refractivity contribution in [3.63, 3.8) is 0 Å². The van der Waals surface area contributed by atoms with Gasteiger partial charge in [-0.05, 0) is 84.3 Å². The van der Waals surface area contributed by atoms with Crippen molar-refractivity contribution in [2.45, 2.75) is 24.2 Å². The Morgan fingerprint density at radius 1 is 0.976 bits per heavy atom. The Kier molecular flexibility index (Phi) is 6.98. The van der Waals surface area contributed by atoms with Gasteiger partial charge in [-0.2, -0.15) is 10.1 Å². The number of nitrogens with two attached hydrogens (primary N) is 1. The Hall–Kier alpha value is -4.26. The fourth-order valence-corrected chi connectivity index (χ4v) is 6.00. The van der Waals surface area contributed by atoms with Crippen LogP contribution in [0.5, 0.6) is 5.88 Å². The maximum Gasteiger partial charge on any atom is 0.299 e. The van der Waals surface area contributed by atoms with Crippen LogP contribution in [0.4, 0.5) is 8.78 Å². The van der Waals surface area contributed by atoms with Gasteiger partial charge in [-0.1, -0.05) is 35.6 Å². The van der Waals surface area contributed by atoms with E-state index < -0.39 is 21.7 Å². The summed E-state index contributed by atoms with van der Waals surface area (Å²) < 4.78 is 60.2. The summed E-state index contributed by atoms with van der Waals surface area (Å²) in [7, 11) is -4.02. The minimum atomic E-state index is -4.02. The van der Waals surface area contributed by atoms with E-state index in [4.69, 9.17) is 15.0 Å². The van der Waals surface area contributed by atoms with E-state index in [0.717, 1.165) is 24.2 Å². The van der Waals surface area contributed by atoms with Crippen LogP contribution < -0.4 is 9.88 Å². The van der Waals surface area contributed by atoms with Crippen LogP contribution in [0.25, 0.3) is 38.6 Å². The van der Waals surface area contributed by atoms with Crippen LogP contribution in [0.1, 0.15) is 18.5 Å². The first-order valence-electron chi connectivity index (χ1n) is 12.6. The number of nitrogens with zero attached hydrogens (tertiary/aromatic N) is 3. The molecule has 0 spiro atoms. The summed E-state index contributed by atoms with van der Waals surface area (Å²) in [6, 6.07) is 16.4. The highest BCUT2D eigenvalue weighted by Crippen LogP contribution is 2.43. The number of rotatable bonds is 9. The molecule has 2 aromatic heterocycles. The van der Waals surface area contributed by atoms with E-state index in [1.54, 1.807) is 40.4 Å². The molecule has 2 heterocycles. The predicted molar refractivity (Wildman–Crippen MR) is 150 cm³/mol. The van der Waals surface area contributed by atoms with E-state index in [1.165, 1.54) is 36.4 Å². The van der Waals surface area contributed by atoms with Crippen LogP contribution in [0.15, 0.2) is 77.0 Å². The number of carbonyl (C=O) groups excluding carboxylic acids is 1. The van der Waals surface area contributed by atoms with Crippen LogP contribution in [-0.4, -0.2) is 29.7 Å². The lowest BCUT2D eigenvalue weighted by molar-refractivity contribution is -0.120. The zero-order chi connectivity index (χ0) is 28.7. The normalized spacial score (nSPS) is 13.3. The first-order valence-corrected chi connectivity index (χ1v) is 15.0. The molecule has 0 radical (unpaired) electrons. The van der Waals surface area contributed by atoms with Gasteiger partial charge in [-0.3, -0.25) is 4.79 Å². The maximum absolute atomic E-state index is 15.2. The zero-order valence-corrected chi connectivity index (χ0v) is 23.0. The Morgan fingerprint density at radius 2 is 1.71 bits per heavy atom. The molecule has 0 atom stereocenters. The third-order valence-corrected chi connectivity index (χ3v) is 8.44. The van der Waals surface area contributed by atoms with E-state index in [9.17, 15) is 17.6 Å². The molecule has 12 heteroatoms. The Labute approximate surface area is 238 Å². The molecule has 208 valence electrons. The van der Waals surface area contributed by atoms with Gasteiger partial charge in [-0.25, -0.2) is 27.0 Å². The smallest absolute Gasteiger partial charge is 0.299 e. The molecule has 41 heavy (non-hydrogen) atoms. The molecule has 1 aliphatic carbocycles. The SMILES string of the molecule is NS(=O)(=O)c1cccc(-c2c(CC3CC3)nn(-c3nc(OC=O)cs3)c2-c2cc(F)cc(-c3cccc(F)c3)c2)c1. The van der Waals surface area contributed by atoms with E-state index in [2.05, 4.69) is 4.98 Å². The third-order valence-electron chi connectivity index (χ3n) is 6.74. The highest BCUT2D eigenvalue weighted by molar-refractivity contribution is 7.89. The standard InChI is InChI=1S/C29H22F2N4O4S2/c30-22-5-1-3-18(11-22)20-10-21(13-23(31)12-20)28-27(19-4-2-6-24(14-19)41(32,37)38)25(9-17-7-8-17)34-35(28)29-33-26(15-40-29)39-16-36/h1-6,10-17H,7-9H2,(H2,32,37,38). The second-order valence-electron chi connectivity index (χ2n) is 9.72. The van der Waals surface area contributed by atoms with Gasteiger partial charge in [0.1, 0.15) is 11.6 Å². The van der Waals surface area contributed by atoms with Gasteiger partial charge in [0.2, 0.25) is 21.0 Å². The predicted octanol–water partition coefficient (Wildman–Crippen LogP) is 5.74. The molecule has 2 N–H and O–H groups in total. The van der Waals surface area contributed by atoms with Crippen molar-refractivity contribution >= 4 is 27.8 Å². The van der Waals surface area contributed by atoms with E-state index in [-0.39, 0.29) is 17.2 Å². The molecule has 0 saturated heterocycles. The number of primary sulfonamides is 1. The zero-order valence-electron chi connectivity index (χ0n) is 21.3. The molecular weight excluding hydrogens is 570 g/mol. The summed E-state index contributed by atoms with van der Waals surface area (Å²) in [6.45, 7) is 0.267. The average molecular weight is 593 g/mol. The number of benzene rings is 3. The third kappa shape index (κ3) is 5.67. The maximum atomic E-state index is 15.2. The lowest BCUT2D eigenvalue weighted by Crippen LogP contribution is -2.12. The summed E-state index contributed by atoms with van der Waals surface area (Å²) >= 11 is 1.16. The van der Waals surface area contributed by atoms with Crippen molar-refractivity contribution in [1.82, 2.24) is 14.8 Å². The number of halogens is 2. The lowest BCUT2D eigenvalue weighted by atomic mass is 9.94. The van der Waals surface area contributed by atoms with E-state index in [1.807, 2.05) is 0 Å². The van der Waals surface area contributed by atoms with Crippen molar-refractivity contribution in [3.05, 3.63) is 89.4 Å². The van der Waals surface area contributed by atoms with E-state index in [0.29, 0.717) is 56.7 Å². The van der Waals surface area contributed by atoms with Gasteiger partial charge < -0.3 is 4.74 Å². The number of hydrogen-bond acceptors (Lipinski definition) is 7. The Morgan fingerprint density at radius 3 is 2.44 bits per heavy atom. The van der Waals surface area contributed by atoms with Crippen LogP contribution >= 0.6 is 11.3 Å². The molecule has 5 aromatic rings. The molecule has 1 fully saturated rings. The van der Waals surface area contributed by atoms with Crippen molar-refractivity contribution in [2.75, 3.05) is 0 Å². The number of thiazole rings is 1. The minimum Gasteiger partial charge on any atom is -0.409 e. The molecule has 0 amide bonds. The number of hydrogen-bond donors (Lipinski definition) is 1. The van der Waals surface area contributed by atoms with Crippen LogP contribution in [0.3, 0.4) is 0 Å². The quantitative estimate of drug-likeness (QED) is 0.218. The fraction of sp³-hybridized carbons (Fsp3) is 0.138. The molecule has 3 aromatic carbocycles. The Bertz CT molecular complexity index is 1900. The highest BCUT2D eigenvalue weighted by Gasteiger charge is 2.30. The van der Waals surface area contributed by atoms with Crippen LogP contribution in [0, 0.1) is 17.6 Å². The van der Waals surface area contributed by atoms with E-state index >= 15 is 4.39 Å². The number of carbonyl (C=O) groups is 1. The summed E-state index contributed by atoms with van der Waals surface area (Å²) in [6.07, 6.45) is 2.65. The van der Waals surface area contributed by atoms with Gasteiger partial charge in [0.15, 0.2) is 0 Å². The first kappa shape index (κ1) is 26.9. The fourth-order valence-electron chi connectivity index (χ4n) is 4.75. The summed E-state index contributed by atoms with van der Waals surface area (Å²) in [4.78, 5) is 15.2. The van der Waals surface area contributed by atoms with Crippen molar-refractivity contribution < 1.29 is 26.7 Å². The van der Waals surface area contributed by atoms with Gasteiger partial charge in [0.25, 0.3) is 6.47 Å². The molecule has 8 nitrogen and oxygen atoms in total. The van der Waals surface area contributed by atoms with Crippen LogP contribution in [-0.2, 0) is 21.2 Å². The molecule has 0 bridgehead atoms. The summed E-state index contributed by atoms with van der Waals surface area (Å²) in [5.41, 5.74) is 3.53. The molecule has 6 rings (SSSR count). The van der Waals surface area contributed by atoms with Gasteiger partial charge >= 0.3 is 0 Å². The van der Waals surface area contributed by atoms with Gasteiger partial charge in [-0.15, -0.1) is 0 Å². The second-order valence-corrected chi connectivity index (χ2v) is 12.1. The average Bonchev–Trinajstić information content (AvgIpc) is 3.49. The first-order chi connectivity index (χ1) is 19.7. The highest BCUT2D eigenvalue weighted by atomic mass is 32.2. The van der Waals surface area contributed by atoms with Crippen molar-refractivity contribution in [3.8, 4) is 44.5 Å². The summed E-state index contributed by atoms with van der Waals surface area (Å²) in [5.74, 6) is -0.558. The molecule has 1 aliphatic rings. The van der Waals surface area contributed by atoms with Crippen molar-refractivity contribution in [2.24, 2.45) is 11.1 Å². The van der Waals surface area contributed by atoms with Gasteiger partial charge in [0, 0.05) is 11.1 Å². The van der Waals surface area contributed by atoms with Crippen molar-refractivity contribution in [1.29, 1.82) is 0 Å². The number of ether oxygens (including phenoxy) is 1. The second kappa shape index (κ2) is 10.6. The minimum absolute atomic E-state index is 0.0719. The Balaban J connectivity index is 1.64. The number of sulfonamides is 1. The summed E-state index contributed by atoms with van der Waals surface area (Å²) in [5, 5.41) is 12.2. The monoisotopic (exact) mass is 592 g/mol. The molecular formula is C29H22F2N4O4S2. The van der Waals surface area contributed by atoms with Crippen LogP contribution in [0.2, 0.25) is 0 Å². The molecule has 0 aliphatic heterocycles. The lowest BCUT2D eigenvalue weighted by Gasteiger charge is -2.12. The molecule has 0 unspecified atom stereocenters.